The highest BCUT2D eigenvalue weighted by molar-refractivity contribution is 5.95. The maximum Gasteiger partial charge on any atom is 0.463 e. The van der Waals surface area contributed by atoms with E-state index in [1.165, 1.54) is 26.8 Å². The molecule has 0 unspecified atom stereocenters. The van der Waals surface area contributed by atoms with Crippen LogP contribution in [0.3, 0.4) is 0 Å². The van der Waals surface area contributed by atoms with Crippen molar-refractivity contribution in [3.8, 4) is 5.75 Å². The summed E-state index contributed by atoms with van der Waals surface area (Å²) in [7, 11) is 0. The summed E-state index contributed by atoms with van der Waals surface area (Å²) in [5, 5.41) is 13.0. The number of benzene rings is 1. The lowest BCUT2D eigenvalue weighted by Gasteiger charge is -2.40. The first-order valence-electron chi connectivity index (χ1n) is 9.38. The molecule has 0 atom stereocenters. The highest BCUT2D eigenvalue weighted by Crippen LogP contribution is 2.46. The van der Waals surface area contributed by atoms with Crippen LogP contribution in [0.25, 0.3) is 5.70 Å². The van der Waals surface area contributed by atoms with Gasteiger partial charge in [-0.05, 0) is 33.3 Å². The fourth-order valence-corrected chi connectivity index (χ4v) is 3.67. The van der Waals surface area contributed by atoms with Gasteiger partial charge in [0.25, 0.3) is 5.69 Å². The predicted molar refractivity (Wildman–Crippen MR) is 99.6 cm³/mol. The molecule has 0 aromatic heterocycles. The van der Waals surface area contributed by atoms with E-state index in [9.17, 15) is 41.7 Å². The zero-order chi connectivity index (χ0) is 24.2. The Morgan fingerprint density at radius 3 is 2.38 bits per heavy atom. The van der Waals surface area contributed by atoms with Crippen LogP contribution in [-0.4, -0.2) is 45.9 Å². The van der Waals surface area contributed by atoms with Crippen LogP contribution in [0.1, 0.15) is 37.8 Å². The van der Waals surface area contributed by atoms with Gasteiger partial charge in [0, 0.05) is 24.6 Å². The second kappa shape index (κ2) is 7.41. The third-order valence-corrected chi connectivity index (χ3v) is 5.26. The molecular formula is C19H18F5N3O5. The molecule has 2 aliphatic rings. The third-order valence-electron chi connectivity index (χ3n) is 5.26. The molecule has 0 spiro atoms. The van der Waals surface area contributed by atoms with Gasteiger partial charge in [-0.3, -0.25) is 19.7 Å². The van der Waals surface area contributed by atoms with Gasteiger partial charge in [0.05, 0.1) is 21.9 Å². The number of nitro groups is 1. The fraction of sp³-hybridized carbons (Fsp3) is 0.474. The first-order chi connectivity index (χ1) is 14.6. The largest absolute Gasteiger partial charge is 0.481 e. The van der Waals surface area contributed by atoms with Gasteiger partial charge in [0.15, 0.2) is 0 Å². The van der Waals surface area contributed by atoms with Gasteiger partial charge in [-0.25, -0.2) is 0 Å². The molecule has 13 heteroatoms. The number of alkyl halides is 5. The zero-order valence-electron chi connectivity index (χ0n) is 17.1. The molecule has 32 heavy (non-hydrogen) atoms. The first-order valence-corrected chi connectivity index (χ1v) is 9.38. The summed E-state index contributed by atoms with van der Waals surface area (Å²) < 4.78 is 71.3. The van der Waals surface area contributed by atoms with Gasteiger partial charge < -0.3 is 15.0 Å². The number of halogens is 5. The first kappa shape index (κ1) is 23.4. The van der Waals surface area contributed by atoms with Crippen LogP contribution < -0.4 is 10.1 Å². The normalized spacial score (nSPS) is 18.4. The average molecular weight is 463 g/mol. The molecule has 2 aliphatic heterocycles. The highest BCUT2D eigenvalue weighted by atomic mass is 19.4. The van der Waals surface area contributed by atoms with E-state index in [2.05, 4.69) is 0 Å². The number of carbonyl (C=O) groups excluding carboxylic acids is 2. The van der Waals surface area contributed by atoms with Crippen molar-refractivity contribution in [3.05, 3.63) is 39.1 Å². The topological polar surface area (TPSA) is 102 Å². The van der Waals surface area contributed by atoms with Gasteiger partial charge in [-0.2, -0.15) is 22.0 Å². The standard InChI is InChI=1S/C19H18F5N3O5/c1-9-10(27(30)31)6-7-11-13(9)14(26-8-4-5-12(26)28)15(17(2,3)32-11)25-16(29)18(20,21)19(22,23)24/h6-7H,4-5,8H2,1-3H3,(H,25,29). The Kier molecular flexibility index (Phi) is 5.43. The average Bonchev–Trinajstić information content (AvgIpc) is 3.06. The molecule has 2 amide bonds. The minimum Gasteiger partial charge on any atom is -0.481 e. The van der Waals surface area contributed by atoms with Crippen LogP contribution in [0.5, 0.6) is 5.75 Å². The van der Waals surface area contributed by atoms with Gasteiger partial charge in [-0.1, -0.05) is 0 Å². The number of amides is 2. The van der Waals surface area contributed by atoms with Crippen molar-refractivity contribution in [2.45, 2.75) is 51.3 Å². The van der Waals surface area contributed by atoms with E-state index in [-0.39, 0.29) is 41.2 Å². The summed E-state index contributed by atoms with van der Waals surface area (Å²) in [5.74, 6) is -8.82. The minimum atomic E-state index is -6.16. The molecule has 1 N–H and O–H groups in total. The Morgan fingerprint density at radius 2 is 1.88 bits per heavy atom. The molecule has 8 nitrogen and oxygen atoms in total. The van der Waals surface area contributed by atoms with Crippen molar-refractivity contribution in [2.24, 2.45) is 0 Å². The number of carbonyl (C=O) groups is 2. The fourth-order valence-electron chi connectivity index (χ4n) is 3.67. The molecule has 1 saturated heterocycles. The van der Waals surface area contributed by atoms with E-state index in [0.717, 1.165) is 11.0 Å². The molecule has 3 rings (SSSR count). The van der Waals surface area contributed by atoms with Crippen molar-refractivity contribution in [1.82, 2.24) is 10.2 Å². The molecule has 1 aromatic carbocycles. The van der Waals surface area contributed by atoms with E-state index in [0.29, 0.717) is 6.42 Å². The van der Waals surface area contributed by atoms with Crippen molar-refractivity contribution < 1.29 is 41.2 Å². The monoisotopic (exact) mass is 463 g/mol. The molecule has 0 aliphatic carbocycles. The maximum absolute atomic E-state index is 13.7. The lowest BCUT2D eigenvalue weighted by atomic mass is 9.90. The molecular weight excluding hydrogens is 445 g/mol. The molecule has 174 valence electrons. The Balaban J connectivity index is 2.29. The molecule has 2 heterocycles. The van der Waals surface area contributed by atoms with E-state index in [1.807, 2.05) is 0 Å². The number of nitrogens with one attached hydrogen (secondary N) is 1. The summed E-state index contributed by atoms with van der Waals surface area (Å²) in [4.78, 5) is 36.3. The zero-order valence-corrected chi connectivity index (χ0v) is 17.1. The number of nitrogens with zero attached hydrogens (tertiary/aromatic N) is 2. The Morgan fingerprint density at radius 1 is 1.25 bits per heavy atom. The number of hydrogen-bond acceptors (Lipinski definition) is 5. The van der Waals surface area contributed by atoms with Crippen LogP contribution in [-0.2, 0) is 9.59 Å². The summed E-state index contributed by atoms with van der Waals surface area (Å²) in [6.45, 7) is 3.99. The number of nitro benzene ring substituents is 1. The summed E-state index contributed by atoms with van der Waals surface area (Å²) >= 11 is 0. The number of ether oxygens (including phenoxy) is 1. The van der Waals surface area contributed by atoms with Crippen molar-refractivity contribution >= 4 is 23.2 Å². The van der Waals surface area contributed by atoms with Gasteiger partial charge in [0.1, 0.15) is 11.4 Å². The van der Waals surface area contributed by atoms with Crippen LogP contribution in [0.2, 0.25) is 0 Å². The lowest BCUT2D eigenvalue weighted by Crippen LogP contribution is -2.54. The second-order valence-corrected chi connectivity index (χ2v) is 7.85. The van der Waals surface area contributed by atoms with Crippen LogP contribution in [0.4, 0.5) is 27.6 Å². The van der Waals surface area contributed by atoms with Crippen molar-refractivity contribution in [3.63, 3.8) is 0 Å². The Bertz CT molecular complexity index is 1050. The smallest absolute Gasteiger partial charge is 0.463 e. The Hall–Kier alpha value is -3.25. The van der Waals surface area contributed by atoms with Crippen LogP contribution in [0.15, 0.2) is 17.8 Å². The van der Waals surface area contributed by atoms with Gasteiger partial charge in [0.2, 0.25) is 5.91 Å². The molecule has 0 saturated carbocycles. The maximum atomic E-state index is 13.7. The second-order valence-electron chi connectivity index (χ2n) is 7.85. The molecule has 0 radical (unpaired) electrons. The highest BCUT2D eigenvalue weighted by Gasteiger charge is 2.64. The third kappa shape index (κ3) is 3.65. The predicted octanol–water partition coefficient (Wildman–Crippen LogP) is 3.68. The number of rotatable bonds is 4. The lowest BCUT2D eigenvalue weighted by molar-refractivity contribution is -0.385. The van der Waals surface area contributed by atoms with Gasteiger partial charge >= 0.3 is 18.0 Å². The van der Waals surface area contributed by atoms with Crippen molar-refractivity contribution in [1.29, 1.82) is 0 Å². The van der Waals surface area contributed by atoms with E-state index >= 15 is 0 Å². The SMILES string of the molecule is Cc1c([N+](=O)[O-])ccc2c1C(N1CCCC1=O)=C(NC(=O)C(F)(F)C(F)(F)F)C(C)(C)O2. The summed E-state index contributed by atoms with van der Waals surface area (Å²) in [6.07, 6.45) is -5.74. The number of fused-ring (bicyclic) bond motifs is 1. The van der Waals surface area contributed by atoms with E-state index in [1.54, 1.807) is 5.32 Å². The molecule has 1 fully saturated rings. The molecule has 1 aromatic rings. The van der Waals surface area contributed by atoms with E-state index < -0.39 is 40.1 Å². The summed E-state index contributed by atoms with van der Waals surface area (Å²) in [5.41, 5.74) is -2.83. The Labute approximate surface area is 178 Å². The molecule has 0 bridgehead atoms. The number of likely N-dealkylation sites (tertiary alicyclic amines) is 1. The van der Waals surface area contributed by atoms with Gasteiger partial charge in [-0.15, -0.1) is 0 Å². The minimum absolute atomic E-state index is 0.00738. The van der Waals surface area contributed by atoms with Crippen LogP contribution >= 0.6 is 0 Å². The van der Waals surface area contributed by atoms with Crippen LogP contribution in [0, 0.1) is 17.0 Å². The van der Waals surface area contributed by atoms with E-state index in [4.69, 9.17) is 4.74 Å². The summed E-state index contributed by atoms with van der Waals surface area (Å²) in [6, 6.07) is 2.39. The quantitative estimate of drug-likeness (QED) is 0.417. The number of hydrogen-bond donors (Lipinski definition) is 1. The van der Waals surface area contributed by atoms with Crippen molar-refractivity contribution in [2.75, 3.05) is 6.54 Å².